The van der Waals surface area contributed by atoms with E-state index in [-0.39, 0.29) is 37.5 Å². The smallest absolute Gasteiger partial charge is 0.356 e. The zero-order valence-electron chi connectivity index (χ0n) is 15.7. The zero-order valence-corrected chi connectivity index (χ0v) is 15.7. The van der Waals surface area contributed by atoms with Crippen LogP contribution in [0.1, 0.15) is 32.8 Å². The average molecular weight is 373 g/mol. The summed E-state index contributed by atoms with van der Waals surface area (Å²) in [5.41, 5.74) is 1.45. The SMILES string of the molecule is CCOC(=O)CC1=C(C(=O)OCC)N=C(C)[C@@H]1C(=O)OCc1ccccc1. The van der Waals surface area contributed by atoms with Crippen molar-refractivity contribution in [1.29, 1.82) is 0 Å². The number of rotatable bonds is 8. The lowest BCUT2D eigenvalue weighted by molar-refractivity contribution is -0.146. The molecule has 7 heteroatoms. The van der Waals surface area contributed by atoms with E-state index in [0.29, 0.717) is 5.71 Å². The highest BCUT2D eigenvalue weighted by Crippen LogP contribution is 2.31. The lowest BCUT2D eigenvalue weighted by Crippen LogP contribution is -2.26. The van der Waals surface area contributed by atoms with Crippen LogP contribution in [0.3, 0.4) is 0 Å². The summed E-state index contributed by atoms with van der Waals surface area (Å²) in [6.45, 7) is 5.41. The first-order valence-corrected chi connectivity index (χ1v) is 8.79. The molecule has 2 rings (SSSR count). The van der Waals surface area contributed by atoms with Gasteiger partial charge in [0.25, 0.3) is 0 Å². The van der Waals surface area contributed by atoms with Crippen LogP contribution in [0, 0.1) is 5.92 Å². The number of esters is 3. The van der Waals surface area contributed by atoms with Crippen LogP contribution < -0.4 is 0 Å². The minimum Gasteiger partial charge on any atom is -0.466 e. The lowest BCUT2D eigenvalue weighted by Gasteiger charge is -2.15. The van der Waals surface area contributed by atoms with Crippen molar-refractivity contribution >= 4 is 23.6 Å². The Kier molecular flexibility index (Phi) is 7.28. The van der Waals surface area contributed by atoms with Gasteiger partial charge >= 0.3 is 17.9 Å². The number of hydrogen-bond acceptors (Lipinski definition) is 7. The maximum Gasteiger partial charge on any atom is 0.356 e. The lowest BCUT2D eigenvalue weighted by atomic mass is 9.93. The molecule has 0 N–H and O–H groups in total. The van der Waals surface area contributed by atoms with Crippen LogP contribution in [-0.2, 0) is 35.2 Å². The summed E-state index contributed by atoms with van der Waals surface area (Å²) in [7, 11) is 0. The van der Waals surface area contributed by atoms with Crippen molar-refractivity contribution in [3.8, 4) is 0 Å². The molecular weight excluding hydrogens is 350 g/mol. The minimum absolute atomic E-state index is 0.0240. The van der Waals surface area contributed by atoms with E-state index >= 15 is 0 Å². The van der Waals surface area contributed by atoms with Gasteiger partial charge in [0.1, 0.15) is 18.2 Å². The molecule has 0 aromatic heterocycles. The average Bonchev–Trinajstić information content (AvgIpc) is 2.97. The fraction of sp³-hybridized carbons (Fsp3) is 0.400. The van der Waals surface area contributed by atoms with Gasteiger partial charge in [0, 0.05) is 5.71 Å². The normalized spacial score (nSPS) is 16.0. The Hall–Kier alpha value is -2.96. The number of benzene rings is 1. The number of carbonyl (C=O) groups is 3. The van der Waals surface area contributed by atoms with E-state index in [9.17, 15) is 14.4 Å². The molecule has 0 amide bonds. The van der Waals surface area contributed by atoms with Crippen molar-refractivity contribution in [2.75, 3.05) is 13.2 Å². The van der Waals surface area contributed by atoms with Crippen molar-refractivity contribution < 1.29 is 28.6 Å². The van der Waals surface area contributed by atoms with Gasteiger partial charge in [-0.1, -0.05) is 30.3 Å². The summed E-state index contributed by atoms with van der Waals surface area (Å²) in [6.07, 6.45) is -0.228. The van der Waals surface area contributed by atoms with Crippen molar-refractivity contribution in [2.24, 2.45) is 10.9 Å². The highest BCUT2D eigenvalue weighted by Gasteiger charge is 2.38. The molecule has 0 bridgehead atoms. The molecule has 7 nitrogen and oxygen atoms in total. The highest BCUT2D eigenvalue weighted by atomic mass is 16.5. The molecule has 0 fully saturated rings. The second-order valence-corrected chi connectivity index (χ2v) is 5.86. The Bertz CT molecular complexity index is 766. The monoisotopic (exact) mass is 373 g/mol. The second kappa shape index (κ2) is 9.66. The van der Waals surface area contributed by atoms with Crippen molar-refractivity contribution in [1.82, 2.24) is 0 Å². The molecule has 1 aliphatic rings. The van der Waals surface area contributed by atoms with Crippen molar-refractivity contribution in [3.05, 3.63) is 47.2 Å². The van der Waals surface area contributed by atoms with Gasteiger partial charge in [0.15, 0.2) is 0 Å². The Labute approximate surface area is 158 Å². The number of carbonyl (C=O) groups excluding carboxylic acids is 3. The number of hydrogen-bond donors (Lipinski definition) is 0. The predicted octanol–water partition coefficient (Wildman–Crippen LogP) is 2.59. The molecule has 0 radical (unpaired) electrons. The summed E-state index contributed by atoms with van der Waals surface area (Å²) in [6, 6.07) is 9.22. The van der Waals surface area contributed by atoms with E-state index in [4.69, 9.17) is 14.2 Å². The van der Waals surface area contributed by atoms with E-state index < -0.39 is 23.8 Å². The van der Waals surface area contributed by atoms with Crippen LogP contribution in [0.15, 0.2) is 46.6 Å². The van der Waals surface area contributed by atoms with Gasteiger partial charge in [-0.25, -0.2) is 9.79 Å². The molecule has 0 aliphatic carbocycles. The first kappa shape index (κ1) is 20.4. The highest BCUT2D eigenvalue weighted by molar-refractivity contribution is 6.11. The number of aliphatic imine (C=N–C) groups is 1. The summed E-state index contributed by atoms with van der Waals surface area (Å²) in [5, 5.41) is 0. The Morgan fingerprint density at radius 2 is 1.67 bits per heavy atom. The van der Waals surface area contributed by atoms with E-state index in [1.165, 1.54) is 0 Å². The Morgan fingerprint density at radius 3 is 2.30 bits per heavy atom. The molecule has 1 heterocycles. The number of nitrogens with zero attached hydrogens (tertiary/aromatic N) is 1. The maximum atomic E-state index is 12.7. The fourth-order valence-corrected chi connectivity index (χ4v) is 2.76. The van der Waals surface area contributed by atoms with Crippen molar-refractivity contribution in [2.45, 2.75) is 33.8 Å². The largest absolute Gasteiger partial charge is 0.466 e. The van der Waals surface area contributed by atoms with Gasteiger partial charge in [-0.05, 0) is 31.9 Å². The molecule has 1 aromatic carbocycles. The third-order valence-electron chi connectivity index (χ3n) is 3.93. The molecule has 0 spiro atoms. The second-order valence-electron chi connectivity index (χ2n) is 5.86. The Morgan fingerprint density at radius 1 is 1.00 bits per heavy atom. The summed E-state index contributed by atoms with van der Waals surface area (Å²) < 4.78 is 15.3. The quantitative estimate of drug-likeness (QED) is 0.514. The molecule has 0 saturated heterocycles. The topological polar surface area (TPSA) is 91.3 Å². The van der Waals surface area contributed by atoms with Gasteiger partial charge < -0.3 is 14.2 Å². The van der Waals surface area contributed by atoms with E-state index in [2.05, 4.69) is 4.99 Å². The van der Waals surface area contributed by atoms with Gasteiger partial charge in [0.05, 0.1) is 19.6 Å². The molecule has 1 atom stereocenters. The first-order valence-electron chi connectivity index (χ1n) is 8.79. The van der Waals surface area contributed by atoms with Gasteiger partial charge in [-0.15, -0.1) is 0 Å². The van der Waals surface area contributed by atoms with Crippen molar-refractivity contribution in [3.63, 3.8) is 0 Å². The first-order chi connectivity index (χ1) is 13.0. The van der Waals surface area contributed by atoms with Crippen LogP contribution >= 0.6 is 0 Å². The third-order valence-corrected chi connectivity index (χ3v) is 3.93. The maximum absolute atomic E-state index is 12.7. The van der Waals surface area contributed by atoms with Gasteiger partial charge in [0.2, 0.25) is 0 Å². The summed E-state index contributed by atoms with van der Waals surface area (Å²) in [5.74, 6) is -2.69. The third kappa shape index (κ3) is 5.26. The van der Waals surface area contributed by atoms with Gasteiger partial charge in [-0.2, -0.15) is 0 Å². The van der Waals surface area contributed by atoms with Crippen LogP contribution in [-0.4, -0.2) is 36.8 Å². The minimum atomic E-state index is -0.905. The molecule has 0 unspecified atom stereocenters. The summed E-state index contributed by atoms with van der Waals surface area (Å²) in [4.78, 5) is 41.0. The van der Waals surface area contributed by atoms with Crippen LogP contribution in [0.2, 0.25) is 0 Å². The van der Waals surface area contributed by atoms with E-state index in [0.717, 1.165) is 5.56 Å². The van der Waals surface area contributed by atoms with Gasteiger partial charge in [-0.3, -0.25) is 9.59 Å². The molecular formula is C20H23NO6. The van der Waals surface area contributed by atoms with E-state index in [1.807, 2.05) is 30.3 Å². The Balaban J connectivity index is 2.22. The molecule has 0 saturated carbocycles. The fourth-order valence-electron chi connectivity index (χ4n) is 2.76. The molecule has 1 aliphatic heterocycles. The summed E-state index contributed by atoms with van der Waals surface area (Å²) >= 11 is 0. The standard InChI is InChI=1S/C20H23NO6/c1-4-25-16(22)11-15-17(13(3)21-18(15)20(24)26-5-2)19(23)27-12-14-9-7-6-8-10-14/h6-10,17H,4-5,11-12H2,1-3H3/t17-/m0/s1. The van der Waals surface area contributed by atoms with Crippen LogP contribution in [0.25, 0.3) is 0 Å². The molecule has 144 valence electrons. The zero-order chi connectivity index (χ0) is 19.8. The van der Waals surface area contributed by atoms with Crippen LogP contribution in [0.5, 0.6) is 0 Å². The molecule has 27 heavy (non-hydrogen) atoms. The number of ether oxygens (including phenoxy) is 3. The van der Waals surface area contributed by atoms with Crippen LogP contribution in [0.4, 0.5) is 0 Å². The van der Waals surface area contributed by atoms with E-state index in [1.54, 1.807) is 20.8 Å². The predicted molar refractivity (Wildman–Crippen MR) is 97.7 cm³/mol. The molecule has 1 aromatic rings.